The minimum Gasteiger partial charge on any atom is -0.492 e. The Labute approximate surface area is 146 Å². The fourth-order valence-corrected chi connectivity index (χ4v) is 2.96. The molecule has 1 aliphatic rings. The van der Waals surface area contributed by atoms with E-state index in [1.807, 2.05) is 24.3 Å². The Balaban J connectivity index is 1.41. The van der Waals surface area contributed by atoms with Crippen LogP contribution in [0.1, 0.15) is 12.0 Å². The van der Waals surface area contributed by atoms with Crippen molar-refractivity contribution < 1.29 is 18.6 Å². The van der Waals surface area contributed by atoms with Gasteiger partial charge in [-0.15, -0.1) is 0 Å². The quantitative estimate of drug-likeness (QED) is 0.807. The molecule has 4 nitrogen and oxygen atoms in total. The summed E-state index contributed by atoms with van der Waals surface area (Å²) in [6.07, 6.45) is 0.905. The fraction of sp³-hybridized carbons (Fsp3) is 0.368. The zero-order valence-corrected chi connectivity index (χ0v) is 13.9. The van der Waals surface area contributed by atoms with Gasteiger partial charge in [0.2, 0.25) is 0 Å². The van der Waals surface area contributed by atoms with E-state index in [4.69, 9.17) is 9.84 Å². The maximum absolute atomic E-state index is 13.7. The largest absolute Gasteiger partial charge is 0.492 e. The van der Waals surface area contributed by atoms with Gasteiger partial charge in [0.05, 0.1) is 12.3 Å². The van der Waals surface area contributed by atoms with E-state index in [0.29, 0.717) is 12.3 Å². The molecule has 1 unspecified atom stereocenters. The number of anilines is 1. The summed E-state index contributed by atoms with van der Waals surface area (Å²) in [5, 5.41) is 12.2. The summed E-state index contributed by atoms with van der Waals surface area (Å²) in [5.41, 5.74) is 1.20. The molecule has 2 aromatic rings. The summed E-state index contributed by atoms with van der Waals surface area (Å²) < 4.78 is 32.3. The van der Waals surface area contributed by atoms with Gasteiger partial charge in [0, 0.05) is 31.7 Å². The number of rotatable bonds is 7. The third-order valence-corrected chi connectivity index (χ3v) is 4.35. The van der Waals surface area contributed by atoms with Gasteiger partial charge in [0.15, 0.2) is 0 Å². The topological polar surface area (TPSA) is 44.7 Å². The molecule has 2 aromatic carbocycles. The first-order valence-electron chi connectivity index (χ1n) is 8.40. The highest BCUT2D eigenvalue weighted by molar-refractivity contribution is 5.45. The van der Waals surface area contributed by atoms with E-state index >= 15 is 0 Å². The highest BCUT2D eigenvalue weighted by atomic mass is 19.1. The average Bonchev–Trinajstić information content (AvgIpc) is 3.05. The SMILES string of the molecule is OCc1ccc(OCCN2CCC(Nc3ccc(F)cc3F)C2)cc1. The lowest BCUT2D eigenvalue weighted by Gasteiger charge is -2.18. The summed E-state index contributed by atoms with van der Waals surface area (Å²) in [5.74, 6) is -0.354. The van der Waals surface area contributed by atoms with Crippen molar-refractivity contribution in [2.75, 3.05) is 31.6 Å². The average molecular weight is 348 g/mol. The van der Waals surface area contributed by atoms with Gasteiger partial charge in [-0.05, 0) is 36.2 Å². The molecule has 0 radical (unpaired) electrons. The first-order valence-corrected chi connectivity index (χ1v) is 8.40. The van der Waals surface area contributed by atoms with Crippen LogP contribution in [0.3, 0.4) is 0 Å². The molecule has 1 saturated heterocycles. The van der Waals surface area contributed by atoms with Gasteiger partial charge in [-0.2, -0.15) is 0 Å². The van der Waals surface area contributed by atoms with Gasteiger partial charge < -0.3 is 15.2 Å². The highest BCUT2D eigenvalue weighted by Gasteiger charge is 2.22. The minimum absolute atomic E-state index is 0.0249. The lowest BCUT2D eigenvalue weighted by molar-refractivity contribution is 0.236. The molecule has 0 aromatic heterocycles. The monoisotopic (exact) mass is 348 g/mol. The zero-order valence-electron chi connectivity index (χ0n) is 13.9. The van der Waals surface area contributed by atoms with Gasteiger partial charge in [-0.1, -0.05) is 12.1 Å². The molecule has 0 aliphatic carbocycles. The molecule has 1 heterocycles. The number of halogens is 2. The van der Waals surface area contributed by atoms with E-state index in [2.05, 4.69) is 10.2 Å². The van der Waals surface area contributed by atoms with Gasteiger partial charge in [-0.25, -0.2) is 8.78 Å². The molecule has 134 valence electrons. The van der Waals surface area contributed by atoms with E-state index in [9.17, 15) is 8.78 Å². The van der Waals surface area contributed by atoms with E-state index < -0.39 is 11.6 Å². The molecule has 1 aliphatic heterocycles. The standard InChI is InChI=1S/C19H22F2N2O2/c20-15-3-6-19(18(21)11-15)22-16-7-8-23(12-16)9-10-25-17-4-1-14(13-24)2-5-17/h1-6,11,16,22,24H,7-10,12-13H2. The fourth-order valence-electron chi connectivity index (χ4n) is 2.96. The van der Waals surface area contributed by atoms with Crippen LogP contribution in [0, 0.1) is 11.6 Å². The molecule has 25 heavy (non-hydrogen) atoms. The Bertz CT molecular complexity index is 694. The number of nitrogens with zero attached hydrogens (tertiary/aromatic N) is 1. The van der Waals surface area contributed by atoms with Crippen LogP contribution >= 0.6 is 0 Å². The third-order valence-electron chi connectivity index (χ3n) is 4.35. The van der Waals surface area contributed by atoms with Crippen LogP contribution in [0.25, 0.3) is 0 Å². The second-order valence-corrected chi connectivity index (χ2v) is 6.21. The Hall–Kier alpha value is -2.18. The molecule has 0 bridgehead atoms. The molecule has 0 saturated carbocycles. The number of nitrogens with one attached hydrogen (secondary N) is 1. The molecule has 6 heteroatoms. The van der Waals surface area contributed by atoms with E-state index in [-0.39, 0.29) is 12.6 Å². The van der Waals surface area contributed by atoms with Gasteiger partial charge in [-0.3, -0.25) is 4.90 Å². The number of likely N-dealkylation sites (tertiary alicyclic amines) is 1. The van der Waals surface area contributed by atoms with Crippen LogP contribution in [0.15, 0.2) is 42.5 Å². The number of ether oxygens (including phenoxy) is 1. The molecule has 2 N–H and O–H groups in total. The maximum Gasteiger partial charge on any atom is 0.149 e. The van der Waals surface area contributed by atoms with Crippen molar-refractivity contribution in [1.29, 1.82) is 0 Å². The van der Waals surface area contributed by atoms with Crippen LogP contribution in [-0.4, -0.2) is 42.3 Å². The Kier molecular flexibility index (Phi) is 5.83. The molecule has 1 atom stereocenters. The summed E-state index contributed by atoms with van der Waals surface area (Å²) >= 11 is 0. The number of hydrogen-bond acceptors (Lipinski definition) is 4. The van der Waals surface area contributed by atoms with Crippen LogP contribution in [0.4, 0.5) is 14.5 Å². The Morgan fingerprint density at radius 2 is 1.96 bits per heavy atom. The molecule has 1 fully saturated rings. The van der Waals surface area contributed by atoms with Crippen LogP contribution in [0.5, 0.6) is 5.75 Å². The minimum atomic E-state index is -0.569. The van der Waals surface area contributed by atoms with E-state index in [0.717, 1.165) is 43.4 Å². The summed E-state index contributed by atoms with van der Waals surface area (Å²) in [4.78, 5) is 2.25. The van der Waals surface area contributed by atoms with Crippen molar-refractivity contribution in [2.24, 2.45) is 0 Å². The second kappa shape index (κ2) is 8.27. The highest BCUT2D eigenvalue weighted by Crippen LogP contribution is 2.20. The summed E-state index contributed by atoms with van der Waals surface area (Å²) in [6, 6.07) is 11.1. The van der Waals surface area contributed by atoms with Crippen LogP contribution in [0.2, 0.25) is 0 Å². The van der Waals surface area contributed by atoms with Crippen molar-refractivity contribution in [3.8, 4) is 5.75 Å². The number of aliphatic hydroxyl groups is 1. The van der Waals surface area contributed by atoms with Crippen molar-refractivity contribution >= 4 is 5.69 Å². The predicted octanol–water partition coefficient (Wildman–Crippen LogP) is 3.02. The number of aliphatic hydroxyl groups excluding tert-OH is 1. The van der Waals surface area contributed by atoms with Crippen LogP contribution in [-0.2, 0) is 6.61 Å². The lowest BCUT2D eigenvalue weighted by Crippen LogP contribution is -2.29. The molecule has 0 amide bonds. The van der Waals surface area contributed by atoms with Gasteiger partial charge in [0.25, 0.3) is 0 Å². The second-order valence-electron chi connectivity index (χ2n) is 6.21. The van der Waals surface area contributed by atoms with E-state index in [1.165, 1.54) is 12.1 Å². The van der Waals surface area contributed by atoms with Crippen molar-refractivity contribution in [1.82, 2.24) is 4.90 Å². The Morgan fingerprint density at radius 3 is 2.68 bits per heavy atom. The number of hydrogen-bond donors (Lipinski definition) is 2. The summed E-state index contributed by atoms with van der Waals surface area (Å²) in [6.45, 7) is 3.08. The van der Waals surface area contributed by atoms with Gasteiger partial charge in [0.1, 0.15) is 24.0 Å². The molecule has 3 rings (SSSR count). The number of benzene rings is 2. The van der Waals surface area contributed by atoms with Crippen molar-refractivity contribution in [3.05, 3.63) is 59.7 Å². The zero-order chi connectivity index (χ0) is 17.6. The molecular weight excluding hydrogens is 326 g/mol. The Morgan fingerprint density at radius 1 is 1.16 bits per heavy atom. The summed E-state index contributed by atoms with van der Waals surface area (Å²) in [7, 11) is 0. The van der Waals surface area contributed by atoms with Crippen LogP contribution < -0.4 is 10.1 Å². The third kappa shape index (κ3) is 4.90. The normalized spacial score (nSPS) is 17.6. The van der Waals surface area contributed by atoms with Gasteiger partial charge >= 0.3 is 0 Å². The smallest absolute Gasteiger partial charge is 0.149 e. The predicted molar refractivity (Wildman–Crippen MR) is 92.7 cm³/mol. The lowest BCUT2D eigenvalue weighted by atomic mass is 10.2. The first kappa shape index (κ1) is 17.6. The molecular formula is C19H22F2N2O2. The van der Waals surface area contributed by atoms with Crippen molar-refractivity contribution in [2.45, 2.75) is 19.1 Å². The maximum atomic E-state index is 13.7. The van der Waals surface area contributed by atoms with E-state index in [1.54, 1.807) is 0 Å². The van der Waals surface area contributed by atoms with Crippen molar-refractivity contribution in [3.63, 3.8) is 0 Å². The first-order chi connectivity index (χ1) is 12.1. The molecule has 0 spiro atoms.